The summed E-state index contributed by atoms with van der Waals surface area (Å²) in [5.74, 6) is 1.78. The van der Waals surface area contributed by atoms with Gasteiger partial charge in [-0.05, 0) is 31.9 Å². The molecule has 1 aliphatic heterocycles. The van der Waals surface area contributed by atoms with Gasteiger partial charge in [0.25, 0.3) is 0 Å². The Bertz CT molecular complexity index is 347. The fourth-order valence-corrected chi connectivity index (χ4v) is 2.92. The lowest BCUT2D eigenvalue weighted by Gasteiger charge is -2.44. The highest BCUT2D eigenvalue weighted by Crippen LogP contribution is 2.20. The number of piperazine rings is 1. The number of furan rings is 1. The molecule has 2 heterocycles. The van der Waals surface area contributed by atoms with E-state index in [1.54, 1.807) is 6.26 Å². The molecule has 0 aliphatic carbocycles. The Labute approximate surface area is 111 Å². The summed E-state index contributed by atoms with van der Waals surface area (Å²) in [5, 5.41) is 3.59. The van der Waals surface area contributed by atoms with Crippen molar-refractivity contribution in [2.75, 3.05) is 13.1 Å². The van der Waals surface area contributed by atoms with E-state index in [-0.39, 0.29) is 0 Å². The largest absolute Gasteiger partial charge is 0.469 e. The van der Waals surface area contributed by atoms with E-state index in [0.717, 1.165) is 25.3 Å². The molecule has 0 bridgehead atoms. The van der Waals surface area contributed by atoms with Gasteiger partial charge in [-0.3, -0.25) is 4.90 Å². The molecule has 3 unspecified atom stereocenters. The van der Waals surface area contributed by atoms with Gasteiger partial charge in [-0.2, -0.15) is 0 Å². The van der Waals surface area contributed by atoms with E-state index in [2.05, 4.69) is 44.0 Å². The first-order valence-corrected chi connectivity index (χ1v) is 7.09. The molecule has 0 spiro atoms. The second-order valence-corrected chi connectivity index (χ2v) is 5.95. The molecule has 18 heavy (non-hydrogen) atoms. The number of nitrogens with one attached hydrogen (secondary N) is 1. The molecular formula is C15H26N2O. The number of nitrogens with zero attached hydrogens (tertiary/aromatic N) is 1. The highest BCUT2D eigenvalue weighted by Gasteiger charge is 2.31. The van der Waals surface area contributed by atoms with Crippen LogP contribution in [-0.4, -0.2) is 36.1 Å². The zero-order valence-corrected chi connectivity index (χ0v) is 12.0. The normalized spacial score (nSPS) is 27.6. The van der Waals surface area contributed by atoms with Crippen LogP contribution in [-0.2, 0) is 6.42 Å². The summed E-state index contributed by atoms with van der Waals surface area (Å²) in [6, 6.07) is 5.80. The van der Waals surface area contributed by atoms with Crippen LogP contribution in [0.25, 0.3) is 0 Å². The van der Waals surface area contributed by atoms with Gasteiger partial charge in [0.05, 0.1) is 6.26 Å². The first kappa shape index (κ1) is 13.6. The topological polar surface area (TPSA) is 28.4 Å². The van der Waals surface area contributed by atoms with Crippen molar-refractivity contribution in [3.63, 3.8) is 0 Å². The molecule has 0 radical (unpaired) electrons. The highest BCUT2D eigenvalue weighted by atomic mass is 16.3. The monoisotopic (exact) mass is 250 g/mol. The summed E-state index contributed by atoms with van der Waals surface area (Å²) in [4.78, 5) is 2.65. The average molecular weight is 250 g/mol. The fourth-order valence-electron chi connectivity index (χ4n) is 2.92. The Morgan fingerprint density at radius 3 is 2.83 bits per heavy atom. The van der Waals surface area contributed by atoms with Crippen molar-refractivity contribution < 1.29 is 4.42 Å². The van der Waals surface area contributed by atoms with Crippen LogP contribution >= 0.6 is 0 Å². The fraction of sp³-hybridized carbons (Fsp3) is 0.733. The molecule has 3 heteroatoms. The Hall–Kier alpha value is -0.800. The molecular weight excluding hydrogens is 224 g/mol. The lowest BCUT2D eigenvalue weighted by atomic mass is 9.96. The van der Waals surface area contributed by atoms with E-state index >= 15 is 0 Å². The number of hydrogen-bond acceptors (Lipinski definition) is 3. The van der Waals surface area contributed by atoms with Gasteiger partial charge in [0.1, 0.15) is 5.76 Å². The van der Waals surface area contributed by atoms with Crippen molar-refractivity contribution in [3.8, 4) is 0 Å². The van der Waals surface area contributed by atoms with E-state index in [1.165, 1.54) is 0 Å². The maximum atomic E-state index is 5.48. The van der Waals surface area contributed by atoms with E-state index in [1.807, 2.05) is 6.07 Å². The molecule has 1 saturated heterocycles. The van der Waals surface area contributed by atoms with Gasteiger partial charge < -0.3 is 9.73 Å². The lowest BCUT2D eigenvalue weighted by molar-refractivity contribution is 0.0640. The standard InChI is InChI=1S/C15H26N2O/c1-11(2)15-9-16-12(3)10-17(15)13(4)8-14-6-5-7-18-14/h5-7,11-13,15-16H,8-10H2,1-4H3. The third-order valence-corrected chi connectivity index (χ3v) is 4.00. The van der Waals surface area contributed by atoms with Crippen LogP contribution in [0.2, 0.25) is 0 Å². The highest BCUT2D eigenvalue weighted by molar-refractivity contribution is 5.01. The van der Waals surface area contributed by atoms with E-state index < -0.39 is 0 Å². The van der Waals surface area contributed by atoms with Crippen LogP contribution < -0.4 is 5.32 Å². The predicted octanol–water partition coefficient (Wildman–Crippen LogP) is 2.53. The zero-order valence-electron chi connectivity index (χ0n) is 12.0. The molecule has 1 aliphatic rings. The van der Waals surface area contributed by atoms with Crippen LogP contribution in [0.1, 0.15) is 33.5 Å². The van der Waals surface area contributed by atoms with Gasteiger partial charge in [-0.25, -0.2) is 0 Å². The Kier molecular flexibility index (Phi) is 4.46. The number of hydrogen-bond donors (Lipinski definition) is 1. The second-order valence-electron chi connectivity index (χ2n) is 5.95. The molecule has 102 valence electrons. The maximum Gasteiger partial charge on any atom is 0.105 e. The Balaban J connectivity index is 2.02. The molecule has 1 aromatic rings. The van der Waals surface area contributed by atoms with Gasteiger partial charge in [0.15, 0.2) is 0 Å². The van der Waals surface area contributed by atoms with Gasteiger partial charge in [-0.1, -0.05) is 13.8 Å². The first-order valence-electron chi connectivity index (χ1n) is 7.09. The van der Waals surface area contributed by atoms with E-state index in [0.29, 0.717) is 24.0 Å². The first-order chi connectivity index (χ1) is 8.58. The van der Waals surface area contributed by atoms with Crippen LogP contribution in [0.4, 0.5) is 0 Å². The van der Waals surface area contributed by atoms with Gasteiger partial charge in [0.2, 0.25) is 0 Å². The van der Waals surface area contributed by atoms with Gasteiger partial charge >= 0.3 is 0 Å². The predicted molar refractivity (Wildman–Crippen MR) is 74.7 cm³/mol. The maximum absolute atomic E-state index is 5.48. The molecule has 0 amide bonds. The Morgan fingerprint density at radius 1 is 1.44 bits per heavy atom. The van der Waals surface area contributed by atoms with Crippen molar-refractivity contribution in [1.82, 2.24) is 10.2 Å². The number of rotatable bonds is 4. The molecule has 1 N–H and O–H groups in total. The van der Waals surface area contributed by atoms with Crippen LogP contribution in [0.5, 0.6) is 0 Å². The third-order valence-electron chi connectivity index (χ3n) is 4.00. The van der Waals surface area contributed by atoms with Crippen molar-refractivity contribution in [1.29, 1.82) is 0 Å². The molecule has 3 atom stereocenters. The summed E-state index contributed by atoms with van der Waals surface area (Å²) in [5.41, 5.74) is 0. The van der Waals surface area contributed by atoms with Crippen molar-refractivity contribution in [2.45, 2.75) is 52.2 Å². The summed E-state index contributed by atoms with van der Waals surface area (Å²) in [7, 11) is 0. The second kappa shape index (κ2) is 5.89. The quantitative estimate of drug-likeness (QED) is 0.890. The summed E-state index contributed by atoms with van der Waals surface area (Å²) >= 11 is 0. The van der Waals surface area contributed by atoms with Gasteiger partial charge in [0, 0.05) is 37.6 Å². The summed E-state index contributed by atoms with van der Waals surface area (Å²) in [6.07, 6.45) is 2.77. The van der Waals surface area contributed by atoms with Crippen LogP contribution in [0.3, 0.4) is 0 Å². The molecule has 0 aromatic carbocycles. The van der Waals surface area contributed by atoms with Crippen LogP contribution in [0, 0.1) is 5.92 Å². The molecule has 1 aromatic heterocycles. The van der Waals surface area contributed by atoms with Gasteiger partial charge in [-0.15, -0.1) is 0 Å². The van der Waals surface area contributed by atoms with E-state index in [4.69, 9.17) is 4.42 Å². The van der Waals surface area contributed by atoms with Crippen molar-refractivity contribution >= 4 is 0 Å². The van der Waals surface area contributed by atoms with Crippen LogP contribution in [0.15, 0.2) is 22.8 Å². The van der Waals surface area contributed by atoms with E-state index in [9.17, 15) is 0 Å². The lowest BCUT2D eigenvalue weighted by Crippen LogP contribution is -2.60. The summed E-state index contributed by atoms with van der Waals surface area (Å²) < 4.78 is 5.48. The average Bonchev–Trinajstić information content (AvgIpc) is 2.81. The minimum absolute atomic E-state index is 0.535. The SMILES string of the molecule is CC1CN(C(C)Cc2ccco2)C(C(C)C)CN1. The zero-order chi connectivity index (χ0) is 13.1. The van der Waals surface area contributed by atoms with Crippen molar-refractivity contribution in [3.05, 3.63) is 24.2 Å². The molecule has 0 saturated carbocycles. The minimum Gasteiger partial charge on any atom is -0.469 e. The minimum atomic E-state index is 0.535. The van der Waals surface area contributed by atoms with Crippen molar-refractivity contribution in [2.24, 2.45) is 5.92 Å². The smallest absolute Gasteiger partial charge is 0.105 e. The molecule has 2 rings (SSSR count). The summed E-state index contributed by atoms with van der Waals surface area (Å²) in [6.45, 7) is 11.4. The molecule has 1 fully saturated rings. The Morgan fingerprint density at radius 2 is 2.22 bits per heavy atom. The molecule has 3 nitrogen and oxygen atoms in total. The third kappa shape index (κ3) is 3.15.